The summed E-state index contributed by atoms with van der Waals surface area (Å²) in [5.41, 5.74) is 1.43. The van der Waals surface area contributed by atoms with Crippen LogP contribution in [-0.4, -0.2) is 27.2 Å². The molecule has 7 heteroatoms. The highest BCUT2D eigenvalue weighted by molar-refractivity contribution is 9.10. The molecule has 2 N–H and O–H groups in total. The quantitative estimate of drug-likeness (QED) is 0.877. The largest absolute Gasteiger partial charge is 0.351 e. The third-order valence-corrected chi connectivity index (χ3v) is 3.83. The number of hydrogen-bond donors (Lipinski definition) is 2. The van der Waals surface area contributed by atoms with Gasteiger partial charge in [-0.05, 0) is 35.0 Å². The predicted octanol–water partition coefficient (Wildman–Crippen LogP) is 1.15. The molecule has 1 amide bonds. The van der Waals surface area contributed by atoms with E-state index in [2.05, 4.69) is 31.3 Å². The third kappa shape index (κ3) is 3.16. The average molecular weight is 339 g/mol. The molecule has 0 unspecified atom stereocenters. The fraction of sp³-hybridized carbons (Fsp3) is 0.308. The normalized spacial score (nSPS) is 10.6. The number of rotatable bonds is 4. The van der Waals surface area contributed by atoms with Crippen LogP contribution in [0.25, 0.3) is 0 Å². The lowest BCUT2D eigenvalue weighted by Crippen LogP contribution is -2.31. The first-order chi connectivity index (χ1) is 9.49. The Bertz CT molecular complexity index is 690. The lowest BCUT2D eigenvalue weighted by Gasteiger charge is -2.06. The van der Waals surface area contributed by atoms with Gasteiger partial charge in [0.2, 0.25) is 0 Å². The van der Waals surface area contributed by atoms with Crippen LogP contribution < -0.4 is 10.9 Å². The van der Waals surface area contributed by atoms with E-state index in [0.29, 0.717) is 23.1 Å². The van der Waals surface area contributed by atoms with Crippen LogP contribution in [0.3, 0.4) is 0 Å². The first-order valence-electron chi connectivity index (χ1n) is 6.13. The summed E-state index contributed by atoms with van der Waals surface area (Å²) in [7, 11) is 1.85. The Balaban J connectivity index is 2.01. The summed E-state index contributed by atoms with van der Waals surface area (Å²) in [6.45, 7) is 2.21. The van der Waals surface area contributed by atoms with Gasteiger partial charge < -0.3 is 10.3 Å². The second-order valence-electron chi connectivity index (χ2n) is 4.44. The van der Waals surface area contributed by atoms with E-state index >= 15 is 0 Å². The van der Waals surface area contributed by atoms with Crippen LogP contribution in [-0.2, 0) is 13.5 Å². The van der Waals surface area contributed by atoms with Crippen molar-refractivity contribution in [1.82, 2.24) is 20.1 Å². The van der Waals surface area contributed by atoms with Crippen LogP contribution in [0.5, 0.6) is 0 Å². The summed E-state index contributed by atoms with van der Waals surface area (Å²) < 4.78 is 2.45. The molecule has 0 radical (unpaired) electrons. The van der Waals surface area contributed by atoms with Gasteiger partial charge in [-0.25, -0.2) is 0 Å². The maximum Gasteiger partial charge on any atom is 0.261 e. The molecule has 0 aliphatic rings. The number of carbonyl (C=O) groups is 1. The minimum Gasteiger partial charge on any atom is -0.351 e. The van der Waals surface area contributed by atoms with E-state index in [0.717, 1.165) is 5.69 Å². The topological polar surface area (TPSA) is 79.8 Å². The van der Waals surface area contributed by atoms with Gasteiger partial charge in [-0.2, -0.15) is 5.10 Å². The van der Waals surface area contributed by atoms with E-state index < -0.39 is 0 Å². The first-order valence-corrected chi connectivity index (χ1v) is 6.93. The summed E-state index contributed by atoms with van der Waals surface area (Å²) in [4.78, 5) is 26.3. The van der Waals surface area contributed by atoms with Gasteiger partial charge in [-0.3, -0.25) is 14.3 Å². The van der Waals surface area contributed by atoms with Crippen LogP contribution in [0.1, 0.15) is 21.7 Å². The zero-order chi connectivity index (χ0) is 14.7. The second-order valence-corrected chi connectivity index (χ2v) is 5.29. The summed E-state index contributed by atoms with van der Waals surface area (Å²) in [5, 5.41) is 6.78. The van der Waals surface area contributed by atoms with Crippen LogP contribution in [0, 0.1) is 6.92 Å². The molecule has 6 nitrogen and oxygen atoms in total. The highest BCUT2D eigenvalue weighted by Crippen LogP contribution is 2.12. The molecule has 0 saturated carbocycles. The summed E-state index contributed by atoms with van der Waals surface area (Å²) in [6, 6.07) is 3.43. The number of aromatic nitrogens is 3. The molecule has 0 saturated heterocycles. The van der Waals surface area contributed by atoms with Gasteiger partial charge >= 0.3 is 0 Å². The Morgan fingerprint density at radius 1 is 1.55 bits per heavy atom. The number of amides is 1. The van der Waals surface area contributed by atoms with Crippen molar-refractivity contribution in [2.24, 2.45) is 7.05 Å². The van der Waals surface area contributed by atoms with E-state index in [-0.39, 0.29) is 17.0 Å². The fourth-order valence-electron chi connectivity index (χ4n) is 1.81. The number of H-pyrrole nitrogens is 1. The van der Waals surface area contributed by atoms with Crippen molar-refractivity contribution in [2.75, 3.05) is 6.54 Å². The monoisotopic (exact) mass is 338 g/mol. The molecule has 2 rings (SSSR count). The highest BCUT2D eigenvalue weighted by atomic mass is 79.9. The molecule has 106 valence electrons. The third-order valence-electron chi connectivity index (χ3n) is 3.01. The van der Waals surface area contributed by atoms with Gasteiger partial charge in [0.1, 0.15) is 5.56 Å². The Kier molecular flexibility index (Phi) is 4.39. The smallest absolute Gasteiger partial charge is 0.261 e. The molecule has 2 aromatic heterocycles. The molecule has 2 heterocycles. The van der Waals surface area contributed by atoms with Crippen LogP contribution >= 0.6 is 15.9 Å². The van der Waals surface area contributed by atoms with Gasteiger partial charge in [0.15, 0.2) is 0 Å². The lowest BCUT2D eigenvalue weighted by atomic mass is 10.2. The standard InChI is InChI=1S/C13H15BrN4O2/c1-8-11(14)7-10(13(20)17-8)12(19)15-5-3-9-4-6-16-18(9)2/h4,6-7H,3,5H2,1-2H3,(H,15,19)(H,17,20). The minimum atomic E-state index is -0.385. The van der Waals surface area contributed by atoms with E-state index in [9.17, 15) is 9.59 Å². The molecule has 0 bridgehead atoms. The molecular weight excluding hydrogens is 324 g/mol. The SMILES string of the molecule is Cc1[nH]c(=O)c(C(=O)NCCc2ccnn2C)cc1Br. The lowest BCUT2D eigenvalue weighted by molar-refractivity contribution is 0.0952. The Morgan fingerprint density at radius 2 is 2.30 bits per heavy atom. The fourth-order valence-corrected chi connectivity index (χ4v) is 2.14. The van der Waals surface area contributed by atoms with E-state index in [4.69, 9.17) is 0 Å². The number of aryl methyl sites for hydroxylation is 2. The van der Waals surface area contributed by atoms with Crippen LogP contribution in [0.15, 0.2) is 27.6 Å². The van der Waals surface area contributed by atoms with Gasteiger partial charge in [0.25, 0.3) is 11.5 Å². The van der Waals surface area contributed by atoms with Crippen molar-refractivity contribution in [1.29, 1.82) is 0 Å². The Hall–Kier alpha value is -1.89. The van der Waals surface area contributed by atoms with Crippen molar-refractivity contribution in [3.63, 3.8) is 0 Å². The summed E-state index contributed by atoms with van der Waals surface area (Å²) in [6.07, 6.45) is 2.37. The maximum atomic E-state index is 12.0. The Labute approximate surface area is 124 Å². The van der Waals surface area contributed by atoms with E-state index in [1.54, 1.807) is 17.8 Å². The zero-order valence-corrected chi connectivity index (χ0v) is 12.8. The molecule has 0 atom stereocenters. The highest BCUT2D eigenvalue weighted by Gasteiger charge is 2.12. The van der Waals surface area contributed by atoms with Gasteiger partial charge in [0, 0.05) is 42.1 Å². The van der Waals surface area contributed by atoms with E-state index in [1.807, 2.05) is 13.1 Å². The van der Waals surface area contributed by atoms with Crippen molar-refractivity contribution in [3.8, 4) is 0 Å². The van der Waals surface area contributed by atoms with Crippen molar-refractivity contribution < 1.29 is 4.79 Å². The maximum absolute atomic E-state index is 12.0. The van der Waals surface area contributed by atoms with Gasteiger partial charge in [-0.15, -0.1) is 0 Å². The summed E-state index contributed by atoms with van der Waals surface area (Å²) in [5.74, 6) is -0.380. The second kappa shape index (κ2) is 6.04. The number of hydrogen-bond acceptors (Lipinski definition) is 3. The van der Waals surface area contributed by atoms with Crippen molar-refractivity contribution in [2.45, 2.75) is 13.3 Å². The number of nitrogens with one attached hydrogen (secondary N) is 2. The molecule has 20 heavy (non-hydrogen) atoms. The molecule has 0 aliphatic carbocycles. The van der Waals surface area contributed by atoms with Gasteiger partial charge in [0.05, 0.1) is 0 Å². The van der Waals surface area contributed by atoms with Crippen LogP contribution in [0.2, 0.25) is 0 Å². The summed E-state index contributed by atoms with van der Waals surface area (Å²) >= 11 is 3.30. The number of pyridine rings is 1. The van der Waals surface area contributed by atoms with Crippen LogP contribution in [0.4, 0.5) is 0 Å². The Morgan fingerprint density at radius 3 is 2.95 bits per heavy atom. The molecule has 0 aromatic carbocycles. The first kappa shape index (κ1) is 14.5. The number of nitrogens with zero attached hydrogens (tertiary/aromatic N) is 2. The zero-order valence-electron chi connectivity index (χ0n) is 11.2. The van der Waals surface area contributed by atoms with Crippen molar-refractivity contribution >= 4 is 21.8 Å². The molecule has 0 spiro atoms. The molecule has 0 fully saturated rings. The average Bonchev–Trinajstić information content (AvgIpc) is 2.79. The number of halogens is 1. The number of aromatic amines is 1. The predicted molar refractivity (Wildman–Crippen MR) is 78.7 cm³/mol. The molecule has 2 aromatic rings. The molecular formula is C13H15BrN4O2. The molecule has 0 aliphatic heterocycles. The number of carbonyl (C=O) groups excluding carboxylic acids is 1. The van der Waals surface area contributed by atoms with Gasteiger partial charge in [-0.1, -0.05) is 0 Å². The van der Waals surface area contributed by atoms with E-state index in [1.165, 1.54) is 6.07 Å². The van der Waals surface area contributed by atoms with Crippen molar-refractivity contribution in [3.05, 3.63) is 50.1 Å². The minimum absolute atomic E-state index is 0.104.